The van der Waals surface area contributed by atoms with Crippen molar-refractivity contribution in [3.05, 3.63) is 35.4 Å². The summed E-state index contributed by atoms with van der Waals surface area (Å²) in [4.78, 5) is 16.0. The van der Waals surface area contributed by atoms with Crippen LogP contribution in [0.2, 0.25) is 0 Å². The zero-order chi connectivity index (χ0) is 10.8. The summed E-state index contributed by atoms with van der Waals surface area (Å²) < 4.78 is 0. The monoisotopic (exact) mass is 205 g/mol. The van der Waals surface area contributed by atoms with Crippen LogP contribution in [0.15, 0.2) is 18.3 Å². The van der Waals surface area contributed by atoms with Crippen LogP contribution in [-0.4, -0.2) is 22.5 Å². The molecule has 1 aromatic heterocycles. The van der Waals surface area contributed by atoms with Gasteiger partial charge in [-0.3, -0.25) is 10.1 Å². The minimum absolute atomic E-state index is 0.00604. The summed E-state index contributed by atoms with van der Waals surface area (Å²) in [5.41, 5.74) is 0.00604. The van der Waals surface area contributed by atoms with Crippen molar-refractivity contribution in [3.8, 4) is 0 Å². The molecular formula is C10H11N3O2. The minimum Gasteiger partial charge on any atom is -0.353 e. The highest BCUT2D eigenvalue weighted by Gasteiger charge is 2.22. The molecule has 2 rings (SSSR count). The van der Waals surface area contributed by atoms with Gasteiger partial charge in [-0.1, -0.05) is 0 Å². The van der Waals surface area contributed by atoms with E-state index in [1.165, 1.54) is 12.3 Å². The normalized spacial score (nSPS) is 20.6. The van der Waals surface area contributed by atoms with Crippen LogP contribution in [0.5, 0.6) is 0 Å². The first-order valence-electron chi connectivity index (χ1n) is 4.81. The van der Waals surface area contributed by atoms with Crippen molar-refractivity contribution >= 4 is 11.5 Å². The second-order valence-electron chi connectivity index (χ2n) is 3.53. The van der Waals surface area contributed by atoms with Gasteiger partial charge in [-0.2, -0.15) is 0 Å². The van der Waals surface area contributed by atoms with Crippen molar-refractivity contribution in [2.45, 2.75) is 18.9 Å². The number of nitrogens with zero attached hydrogens (tertiary/aromatic N) is 3. The number of hydrogen-bond acceptors (Lipinski definition) is 4. The number of hydrogen-bond donors (Lipinski definition) is 0. The lowest BCUT2D eigenvalue weighted by Gasteiger charge is -2.21. The van der Waals surface area contributed by atoms with Gasteiger partial charge in [-0.05, 0) is 25.8 Å². The van der Waals surface area contributed by atoms with E-state index in [1.807, 2.05) is 4.90 Å². The third kappa shape index (κ3) is 1.91. The van der Waals surface area contributed by atoms with Gasteiger partial charge in [-0.25, -0.2) is 4.98 Å². The Labute approximate surface area is 87.9 Å². The van der Waals surface area contributed by atoms with Gasteiger partial charge >= 0.3 is 0 Å². The van der Waals surface area contributed by atoms with Crippen molar-refractivity contribution < 1.29 is 4.92 Å². The molecular weight excluding hydrogens is 194 g/mol. The molecule has 78 valence electrons. The predicted octanol–water partition coefficient (Wildman–Crippen LogP) is 1.67. The van der Waals surface area contributed by atoms with Gasteiger partial charge in [0.15, 0.2) is 0 Å². The van der Waals surface area contributed by atoms with Crippen LogP contribution in [0, 0.1) is 17.0 Å². The van der Waals surface area contributed by atoms with Crippen LogP contribution < -0.4 is 4.90 Å². The van der Waals surface area contributed by atoms with Gasteiger partial charge < -0.3 is 4.90 Å². The molecule has 5 heteroatoms. The zero-order valence-electron chi connectivity index (χ0n) is 8.17. The summed E-state index contributed by atoms with van der Waals surface area (Å²) in [5, 5.41) is 10.4. The maximum atomic E-state index is 10.4. The van der Waals surface area contributed by atoms with Crippen LogP contribution in [0.4, 0.5) is 11.5 Å². The van der Waals surface area contributed by atoms with Gasteiger partial charge in [0.1, 0.15) is 12.0 Å². The first kappa shape index (κ1) is 9.89. The summed E-state index contributed by atoms with van der Waals surface area (Å²) in [6, 6.07) is 3.08. The average Bonchev–Trinajstić information content (AvgIpc) is 2.65. The highest BCUT2D eigenvalue weighted by atomic mass is 16.6. The molecule has 2 heterocycles. The lowest BCUT2D eigenvalue weighted by atomic mass is 10.2. The van der Waals surface area contributed by atoms with E-state index in [2.05, 4.69) is 4.98 Å². The Morgan fingerprint density at radius 3 is 2.87 bits per heavy atom. The van der Waals surface area contributed by atoms with Crippen LogP contribution in [-0.2, 0) is 0 Å². The standard InChI is InChI=1S/C10H11N3O2/c1-8-3-2-6-12(8)10-5-4-9(7-11-10)13(14)15/h1,4-5,7-8H,2-3,6H2. The Morgan fingerprint density at radius 1 is 1.60 bits per heavy atom. The highest BCUT2D eigenvalue weighted by molar-refractivity contribution is 5.45. The van der Waals surface area contributed by atoms with E-state index >= 15 is 0 Å². The second kappa shape index (κ2) is 3.84. The van der Waals surface area contributed by atoms with Crippen LogP contribution in [0.25, 0.3) is 0 Å². The van der Waals surface area contributed by atoms with Crippen molar-refractivity contribution in [1.82, 2.24) is 4.98 Å². The molecule has 0 bridgehead atoms. The Hall–Kier alpha value is -1.65. The molecule has 1 unspecified atom stereocenters. The summed E-state index contributed by atoms with van der Waals surface area (Å²) in [7, 11) is 0. The zero-order valence-corrected chi connectivity index (χ0v) is 8.17. The van der Waals surface area contributed by atoms with E-state index in [-0.39, 0.29) is 11.7 Å². The summed E-state index contributed by atoms with van der Waals surface area (Å²) >= 11 is 0. The molecule has 0 amide bonds. The van der Waals surface area contributed by atoms with Crippen LogP contribution in [0.3, 0.4) is 0 Å². The summed E-state index contributed by atoms with van der Waals surface area (Å²) in [6.07, 6.45) is 3.25. The maximum absolute atomic E-state index is 10.4. The van der Waals surface area contributed by atoms with E-state index in [9.17, 15) is 10.1 Å². The van der Waals surface area contributed by atoms with Crippen LogP contribution in [0.1, 0.15) is 12.8 Å². The van der Waals surface area contributed by atoms with E-state index in [0.717, 1.165) is 19.4 Å². The molecule has 1 aliphatic heterocycles. The summed E-state index contributed by atoms with van der Waals surface area (Å²) in [6.45, 7) is 6.73. The van der Waals surface area contributed by atoms with E-state index in [4.69, 9.17) is 6.92 Å². The third-order valence-electron chi connectivity index (χ3n) is 2.54. The van der Waals surface area contributed by atoms with Crippen LogP contribution >= 0.6 is 0 Å². The first-order valence-corrected chi connectivity index (χ1v) is 4.81. The lowest BCUT2D eigenvalue weighted by Crippen LogP contribution is -2.27. The second-order valence-corrected chi connectivity index (χ2v) is 3.53. The smallest absolute Gasteiger partial charge is 0.287 e. The van der Waals surface area contributed by atoms with Crippen molar-refractivity contribution in [1.29, 1.82) is 0 Å². The molecule has 0 aliphatic carbocycles. The molecule has 0 spiro atoms. The molecule has 1 aromatic rings. The van der Waals surface area contributed by atoms with Crippen molar-refractivity contribution in [3.63, 3.8) is 0 Å². The molecule has 2 radical (unpaired) electrons. The van der Waals surface area contributed by atoms with E-state index in [0.29, 0.717) is 5.82 Å². The fourth-order valence-electron chi connectivity index (χ4n) is 1.73. The predicted molar refractivity (Wildman–Crippen MR) is 55.6 cm³/mol. The minimum atomic E-state index is -0.458. The van der Waals surface area contributed by atoms with Crippen molar-refractivity contribution in [2.24, 2.45) is 0 Å². The fraction of sp³-hybridized carbons (Fsp3) is 0.400. The van der Waals surface area contributed by atoms with E-state index < -0.39 is 4.92 Å². The average molecular weight is 205 g/mol. The first-order chi connectivity index (χ1) is 7.18. The Kier molecular flexibility index (Phi) is 2.53. The van der Waals surface area contributed by atoms with E-state index in [1.54, 1.807) is 6.07 Å². The Morgan fingerprint density at radius 2 is 2.40 bits per heavy atom. The molecule has 5 nitrogen and oxygen atoms in total. The molecule has 1 aliphatic rings. The number of aromatic nitrogens is 1. The Bertz CT molecular complexity index is 363. The summed E-state index contributed by atoms with van der Waals surface area (Å²) in [5.74, 6) is 0.714. The Balaban J connectivity index is 2.19. The molecule has 1 fully saturated rings. The van der Waals surface area contributed by atoms with Gasteiger partial charge in [0.05, 0.1) is 4.92 Å². The van der Waals surface area contributed by atoms with Gasteiger partial charge in [0, 0.05) is 18.7 Å². The lowest BCUT2D eigenvalue weighted by molar-refractivity contribution is -0.385. The molecule has 1 atom stereocenters. The largest absolute Gasteiger partial charge is 0.353 e. The van der Waals surface area contributed by atoms with Gasteiger partial charge in [-0.15, -0.1) is 0 Å². The van der Waals surface area contributed by atoms with Gasteiger partial charge in [0.25, 0.3) is 5.69 Å². The fourth-order valence-corrected chi connectivity index (χ4v) is 1.73. The number of nitro groups is 1. The van der Waals surface area contributed by atoms with Gasteiger partial charge in [0.2, 0.25) is 0 Å². The maximum Gasteiger partial charge on any atom is 0.287 e. The number of anilines is 1. The highest BCUT2D eigenvalue weighted by Crippen LogP contribution is 2.24. The number of pyridine rings is 1. The molecule has 1 saturated heterocycles. The SMILES string of the molecule is [CH]C1CCCN1c1ccc([N+](=O)[O-])cn1. The molecule has 0 aromatic carbocycles. The molecule has 0 saturated carbocycles. The third-order valence-corrected chi connectivity index (χ3v) is 2.54. The topological polar surface area (TPSA) is 59.3 Å². The number of rotatable bonds is 2. The molecule has 0 N–H and O–H groups in total. The molecule has 15 heavy (non-hydrogen) atoms. The quantitative estimate of drug-likeness (QED) is 0.544. The van der Waals surface area contributed by atoms with Crippen molar-refractivity contribution in [2.75, 3.05) is 11.4 Å².